The molecule has 0 bridgehead atoms. The molecule has 2 aliphatic rings. The highest BCUT2D eigenvalue weighted by molar-refractivity contribution is 8.16. The van der Waals surface area contributed by atoms with Gasteiger partial charge in [0.05, 0.1) is 57.9 Å². The second-order valence-electron chi connectivity index (χ2n) is 7.53. The third kappa shape index (κ3) is 4.54. The molecule has 1 aromatic carbocycles. The molecule has 1 atom stereocenters. The van der Waals surface area contributed by atoms with E-state index in [2.05, 4.69) is 10.3 Å². The van der Waals surface area contributed by atoms with E-state index < -0.39 is 12.0 Å². The number of benzene rings is 1. The number of rotatable bonds is 8. The van der Waals surface area contributed by atoms with Crippen LogP contribution in [0.3, 0.4) is 0 Å². The number of ether oxygens (including phenoxy) is 3. The van der Waals surface area contributed by atoms with Gasteiger partial charge in [-0.05, 0) is 42.2 Å². The summed E-state index contributed by atoms with van der Waals surface area (Å²) in [5.74, 6) is 1.10. The minimum Gasteiger partial charge on any atom is -0.493 e. The molecule has 1 amide bonds. The Kier molecular flexibility index (Phi) is 6.97. The van der Waals surface area contributed by atoms with Gasteiger partial charge in [0.1, 0.15) is 5.76 Å². The third-order valence-corrected chi connectivity index (χ3v) is 6.40. The minimum atomic E-state index is -0.557. The molecule has 0 aliphatic carbocycles. The number of aliphatic imine (C=N–C) groups is 1. The molecule has 0 fully saturated rings. The molecule has 3 heterocycles. The van der Waals surface area contributed by atoms with Gasteiger partial charge >= 0.3 is 5.97 Å². The summed E-state index contributed by atoms with van der Waals surface area (Å²) in [5.41, 5.74) is 2.44. The second kappa shape index (κ2) is 10.1. The minimum absolute atomic E-state index is 0.101. The molecule has 1 aromatic heterocycles. The molecule has 4 rings (SSSR count). The van der Waals surface area contributed by atoms with Crippen LogP contribution in [0.15, 0.2) is 68.4 Å². The number of esters is 1. The van der Waals surface area contributed by atoms with Crippen LogP contribution < -0.4 is 14.8 Å². The van der Waals surface area contributed by atoms with E-state index in [9.17, 15) is 9.59 Å². The van der Waals surface area contributed by atoms with Crippen LogP contribution >= 0.6 is 11.8 Å². The molecule has 178 valence electrons. The molecule has 2 aromatic rings. The van der Waals surface area contributed by atoms with E-state index in [4.69, 9.17) is 18.6 Å². The first-order valence-electron chi connectivity index (χ1n) is 10.5. The van der Waals surface area contributed by atoms with Crippen molar-refractivity contribution >= 4 is 28.8 Å². The van der Waals surface area contributed by atoms with Gasteiger partial charge in [-0.15, -0.1) is 0 Å². The lowest BCUT2D eigenvalue weighted by Gasteiger charge is -2.36. The van der Waals surface area contributed by atoms with Gasteiger partial charge in [0, 0.05) is 5.70 Å². The highest BCUT2D eigenvalue weighted by Gasteiger charge is 2.41. The molecule has 9 nitrogen and oxygen atoms in total. The molecule has 0 radical (unpaired) electrons. The number of carbonyl (C=O) groups excluding carboxylic acids is 2. The number of amidine groups is 1. The number of methoxy groups -OCH3 is 3. The van der Waals surface area contributed by atoms with Gasteiger partial charge in [0.15, 0.2) is 16.7 Å². The summed E-state index contributed by atoms with van der Waals surface area (Å²) in [7, 11) is 4.45. The Balaban J connectivity index is 1.67. The highest BCUT2D eigenvalue weighted by Crippen LogP contribution is 2.46. The van der Waals surface area contributed by atoms with E-state index in [0.717, 1.165) is 11.3 Å². The third-order valence-electron chi connectivity index (χ3n) is 5.51. The van der Waals surface area contributed by atoms with E-state index in [0.29, 0.717) is 40.2 Å². The number of carbonyl (C=O) groups is 2. The number of allylic oxidation sites excluding steroid dienone is 1. The molecule has 1 N–H and O–H groups in total. The van der Waals surface area contributed by atoms with Crippen molar-refractivity contribution in [2.45, 2.75) is 25.9 Å². The normalized spacial score (nSPS) is 17.1. The SMILES string of the molecule is COC(=O)C1=C(C)N=C2SC=C(CC(=O)NCc3ccco3)N2C1c1ccc(OC)c(OC)c1. The molecular weight excluding hydrogens is 458 g/mol. The Hall–Kier alpha value is -3.66. The number of fused-ring (bicyclic) bond motifs is 1. The average Bonchev–Trinajstić information content (AvgIpc) is 3.51. The van der Waals surface area contributed by atoms with Crippen LogP contribution in [0.1, 0.15) is 30.7 Å². The fraction of sp³-hybridized carbons (Fsp3) is 0.292. The fourth-order valence-electron chi connectivity index (χ4n) is 3.90. The molecule has 2 aliphatic heterocycles. The Morgan fingerprint density at radius 1 is 1.18 bits per heavy atom. The number of nitrogens with one attached hydrogen (secondary N) is 1. The lowest BCUT2D eigenvalue weighted by atomic mass is 9.93. The van der Waals surface area contributed by atoms with E-state index in [-0.39, 0.29) is 12.3 Å². The second-order valence-corrected chi connectivity index (χ2v) is 8.37. The number of nitrogens with zero attached hydrogens (tertiary/aromatic N) is 2. The summed E-state index contributed by atoms with van der Waals surface area (Å²) in [6, 6.07) is 8.48. The van der Waals surface area contributed by atoms with Crippen LogP contribution in [0.4, 0.5) is 0 Å². The highest BCUT2D eigenvalue weighted by atomic mass is 32.2. The van der Waals surface area contributed by atoms with Crippen molar-refractivity contribution in [2.24, 2.45) is 4.99 Å². The summed E-state index contributed by atoms with van der Waals surface area (Å²) in [5, 5.41) is 5.42. The zero-order chi connectivity index (χ0) is 24.2. The Labute approximate surface area is 201 Å². The quantitative estimate of drug-likeness (QED) is 0.567. The molecule has 0 saturated carbocycles. The monoisotopic (exact) mass is 483 g/mol. The molecular formula is C24H25N3O6S. The topological polar surface area (TPSA) is 103 Å². The lowest BCUT2D eigenvalue weighted by Crippen LogP contribution is -2.37. The van der Waals surface area contributed by atoms with E-state index in [1.165, 1.54) is 18.9 Å². The Morgan fingerprint density at radius 2 is 1.97 bits per heavy atom. The van der Waals surface area contributed by atoms with Crippen molar-refractivity contribution in [1.29, 1.82) is 0 Å². The predicted molar refractivity (Wildman–Crippen MR) is 127 cm³/mol. The summed E-state index contributed by atoms with van der Waals surface area (Å²) in [4.78, 5) is 32.1. The van der Waals surface area contributed by atoms with Gasteiger partial charge in [-0.3, -0.25) is 4.79 Å². The van der Waals surface area contributed by atoms with Crippen molar-refractivity contribution in [3.63, 3.8) is 0 Å². The summed E-state index contributed by atoms with van der Waals surface area (Å²) >= 11 is 1.41. The predicted octanol–water partition coefficient (Wildman–Crippen LogP) is 3.75. The molecule has 0 spiro atoms. The first-order valence-corrected chi connectivity index (χ1v) is 11.4. The fourth-order valence-corrected chi connectivity index (χ4v) is 4.87. The van der Waals surface area contributed by atoms with Crippen LogP contribution in [0.2, 0.25) is 0 Å². The molecule has 0 saturated heterocycles. The van der Waals surface area contributed by atoms with E-state index in [1.807, 2.05) is 22.4 Å². The van der Waals surface area contributed by atoms with Crippen LogP contribution in [0, 0.1) is 0 Å². The maximum atomic E-state index is 12.8. The summed E-state index contributed by atoms with van der Waals surface area (Å²) in [6.07, 6.45) is 1.66. The largest absolute Gasteiger partial charge is 0.493 e. The van der Waals surface area contributed by atoms with E-state index in [1.54, 1.807) is 45.6 Å². The standard InChI is InChI=1S/C24H25N3O6S/c1-14-21(23(29)32-4)22(15-7-8-18(30-2)19(10-15)31-3)27-16(13-34-24(27)26-14)11-20(28)25-12-17-6-5-9-33-17/h5-10,13,22H,11-12H2,1-4H3,(H,25,28). The van der Waals surface area contributed by atoms with Crippen LogP contribution in [0.25, 0.3) is 0 Å². The van der Waals surface area contributed by atoms with Crippen LogP contribution in [0.5, 0.6) is 11.5 Å². The lowest BCUT2D eigenvalue weighted by molar-refractivity contribution is -0.136. The maximum absolute atomic E-state index is 12.8. The average molecular weight is 484 g/mol. The number of furan rings is 1. The summed E-state index contributed by atoms with van der Waals surface area (Å²) < 4.78 is 21.2. The number of hydrogen-bond donors (Lipinski definition) is 1. The van der Waals surface area contributed by atoms with Gasteiger partial charge in [0.25, 0.3) is 0 Å². The molecule has 1 unspecified atom stereocenters. The van der Waals surface area contributed by atoms with Gasteiger partial charge < -0.3 is 28.8 Å². The van der Waals surface area contributed by atoms with Crippen molar-refractivity contribution in [2.75, 3.05) is 21.3 Å². The molecule has 10 heteroatoms. The van der Waals surface area contributed by atoms with Crippen molar-refractivity contribution < 1.29 is 28.2 Å². The maximum Gasteiger partial charge on any atom is 0.338 e. The van der Waals surface area contributed by atoms with Crippen LogP contribution in [-0.4, -0.2) is 43.3 Å². The zero-order valence-electron chi connectivity index (χ0n) is 19.3. The Morgan fingerprint density at radius 3 is 2.65 bits per heavy atom. The van der Waals surface area contributed by atoms with Gasteiger partial charge in [-0.2, -0.15) is 0 Å². The van der Waals surface area contributed by atoms with Gasteiger partial charge in [-0.25, -0.2) is 9.79 Å². The molecule has 34 heavy (non-hydrogen) atoms. The van der Waals surface area contributed by atoms with Crippen molar-refractivity contribution in [3.05, 3.63) is 70.3 Å². The Bertz CT molecular complexity index is 1190. The number of amides is 1. The number of thioether (sulfide) groups is 1. The van der Waals surface area contributed by atoms with E-state index >= 15 is 0 Å². The first kappa shape index (κ1) is 23.5. The van der Waals surface area contributed by atoms with Crippen molar-refractivity contribution in [3.8, 4) is 11.5 Å². The first-order chi connectivity index (χ1) is 16.5. The van der Waals surface area contributed by atoms with Crippen molar-refractivity contribution in [1.82, 2.24) is 10.2 Å². The summed E-state index contributed by atoms with van der Waals surface area (Å²) in [6.45, 7) is 2.07. The van der Waals surface area contributed by atoms with Crippen LogP contribution in [-0.2, 0) is 20.9 Å². The zero-order valence-corrected chi connectivity index (χ0v) is 20.1. The number of hydrogen-bond acceptors (Lipinski definition) is 9. The van der Waals surface area contributed by atoms with Gasteiger partial charge in [-0.1, -0.05) is 17.8 Å². The van der Waals surface area contributed by atoms with Gasteiger partial charge in [0.2, 0.25) is 5.91 Å². The smallest absolute Gasteiger partial charge is 0.338 e.